The Hall–Kier alpha value is -3.61. The largest absolute Gasteiger partial charge is 0.505 e. The van der Waals surface area contributed by atoms with Gasteiger partial charge in [-0.15, -0.1) is 0 Å². The molecule has 4 rings (SSSR count). The number of nitrogens with zero attached hydrogens (tertiary/aromatic N) is 2. The molecular formula is C29H33F2N3O2. The first kappa shape index (κ1) is 25.5. The fourth-order valence-electron chi connectivity index (χ4n) is 5.12. The van der Waals surface area contributed by atoms with Crippen LogP contribution in [0.1, 0.15) is 37.3 Å². The number of carbonyl (C=O) groups is 1. The third kappa shape index (κ3) is 5.96. The van der Waals surface area contributed by atoms with Gasteiger partial charge in [-0.25, -0.2) is 13.6 Å². The van der Waals surface area contributed by atoms with Gasteiger partial charge in [0.15, 0.2) is 0 Å². The first-order valence-electron chi connectivity index (χ1n) is 12.5. The van der Waals surface area contributed by atoms with E-state index in [1.54, 1.807) is 0 Å². The van der Waals surface area contributed by atoms with Gasteiger partial charge in [0.25, 0.3) is 0 Å². The van der Waals surface area contributed by atoms with Crippen LogP contribution in [0.15, 0.2) is 66.7 Å². The van der Waals surface area contributed by atoms with Gasteiger partial charge in [-0.3, -0.25) is 4.90 Å². The Morgan fingerprint density at radius 1 is 1.03 bits per heavy atom. The molecular weight excluding hydrogens is 460 g/mol. The molecule has 0 saturated carbocycles. The molecule has 0 aromatic heterocycles. The fourth-order valence-corrected chi connectivity index (χ4v) is 5.12. The molecule has 0 aliphatic carbocycles. The summed E-state index contributed by atoms with van der Waals surface area (Å²) in [7, 11) is 0. The van der Waals surface area contributed by atoms with Gasteiger partial charge in [0, 0.05) is 24.8 Å². The van der Waals surface area contributed by atoms with Gasteiger partial charge in [-0.05, 0) is 91.6 Å². The third-order valence-corrected chi connectivity index (χ3v) is 7.13. The number of urea groups is 1. The van der Waals surface area contributed by atoms with E-state index in [1.165, 1.54) is 41.3 Å². The van der Waals surface area contributed by atoms with Crippen molar-refractivity contribution in [2.75, 3.05) is 22.9 Å². The number of aromatic hydroxyl groups is 1. The molecule has 1 saturated heterocycles. The van der Waals surface area contributed by atoms with Gasteiger partial charge >= 0.3 is 6.03 Å². The minimum Gasteiger partial charge on any atom is -0.505 e. The van der Waals surface area contributed by atoms with E-state index in [-0.39, 0.29) is 23.4 Å². The summed E-state index contributed by atoms with van der Waals surface area (Å²) >= 11 is 0. The Balaban J connectivity index is 1.45. The number of amides is 2. The molecule has 0 spiro atoms. The molecule has 1 aliphatic rings. The van der Waals surface area contributed by atoms with Gasteiger partial charge in [0.05, 0.1) is 5.69 Å². The van der Waals surface area contributed by atoms with Gasteiger partial charge in [-0.2, -0.15) is 0 Å². The number of nitrogens with two attached hydrogens (primary N) is 1. The maximum Gasteiger partial charge on any atom is 0.319 e. The summed E-state index contributed by atoms with van der Waals surface area (Å²) in [6, 6.07) is 17.2. The van der Waals surface area contributed by atoms with Crippen molar-refractivity contribution in [3.63, 3.8) is 0 Å². The second kappa shape index (κ2) is 11.4. The standard InChI is InChI=1S/C29H33F2N3O2/c1-2-25(34(29(32)36)26-12-10-24(31)11-13-26)19-22-4-3-5-27(28(22)35)33-16-14-21(15-17-33)18-20-6-8-23(30)9-7-20/h3-13,21,25,35H,2,14-19H2,1H3,(H2,32,36)/t25-/m1/s1. The predicted molar refractivity (Wildman–Crippen MR) is 139 cm³/mol. The van der Waals surface area contributed by atoms with E-state index < -0.39 is 6.03 Å². The number of primary amides is 1. The summed E-state index contributed by atoms with van der Waals surface area (Å²) in [6.45, 7) is 3.60. The van der Waals surface area contributed by atoms with E-state index in [0.29, 0.717) is 24.4 Å². The monoisotopic (exact) mass is 493 g/mol. The SMILES string of the molecule is CC[C@H](Cc1cccc(N2CCC(Cc3ccc(F)cc3)CC2)c1O)N(C(N)=O)c1ccc(F)cc1. The summed E-state index contributed by atoms with van der Waals surface area (Å²) in [5.74, 6) is 0.131. The highest BCUT2D eigenvalue weighted by Gasteiger charge is 2.26. The lowest BCUT2D eigenvalue weighted by Gasteiger charge is -2.35. The zero-order valence-electron chi connectivity index (χ0n) is 20.5. The smallest absolute Gasteiger partial charge is 0.319 e. The van der Waals surface area contributed by atoms with E-state index >= 15 is 0 Å². The predicted octanol–water partition coefficient (Wildman–Crippen LogP) is 6.04. The van der Waals surface area contributed by atoms with Crippen LogP contribution in [0.5, 0.6) is 5.75 Å². The molecule has 1 atom stereocenters. The summed E-state index contributed by atoms with van der Waals surface area (Å²) in [5, 5.41) is 11.2. The van der Waals surface area contributed by atoms with Crippen molar-refractivity contribution >= 4 is 17.4 Å². The molecule has 5 nitrogen and oxygen atoms in total. The van der Waals surface area contributed by atoms with Crippen LogP contribution in [0.3, 0.4) is 0 Å². The van der Waals surface area contributed by atoms with Crippen molar-refractivity contribution in [2.45, 2.75) is 45.1 Å². The van der Waals surface area contributed by atoms with E-state index in [4.69, 9.17) is 5.73 Å². The number of benzene rings is 3. The Morgan fingerprint density at radius 3 is 2.22 bits per heavy atom. The summed E-state index contributed by atoms with van der Waals surface area (Å²) in [6.07, 6.45) is 3.91. The number of phenols is 1. The molecule has 3 aromatic carbocycles. The lowest BCUT2D eigenvalue weighted by molar-refractivity contribution is 0.251. The number of carbonyl (C=O) groups excluding carboxylic acids is 1. The van der Waals surface area contributed by atoms with Crippen LogP contribution in [-0.2, 0) is 12.8 Å². The molecule has 1 fully saturated rings. The van der Waals surface area contributed by atoms with Crippen LogP contribution >= 0.6 is 0 Å². The number of anilines is 2. The van der Waals surface area contributed by atoms with Gasteiger partial charge in [0.1, 0.15) is 17.4 Å². The molecule has 0 bridgehead atoms. The van der Waals surface area contributed by atoms with Crippen molar-refractivity contribution in [2.24, 2.45) is 11.7 Å². The number of piperidine rings is 1. The van der Waals surface area contributed by atoms with Gasteiger partial charge in [-0.1, -0.05) is 31.2 Å². The third-order valence-electron chi connectivity index (χ3n) is 7.13. The van der Waals surface area contributed by atoms with E-state index in [1.807, 2.05) is 37.3 Å². The highest BCUT2D eigenvalue weighted by Crippen LogP contribution is 2.36. The number of rotatable bonds is 8. The molecule has 7 heteroatoms. The quantitative estimate of drug-likeness (QED) is 0.402. The zero-order chi connectivity index (χ0) is 25.7. The molecule has 190 valence electrons. The number of hydrogen-bond acceptors (Lipinski definition) is 3. The van der Waals surface area contributed by atoms with Crippen LogP contribution in [0.4, 0.5) is 25.0 Å². The Labute approximate surface area is 211 Å². The van der Waals surface area contributed by atoms with Crippen molar-refractivity contribution in [3.05, 3.63) is 89.5 Å². The maximum absolute atomic E-state index is 13.4. The first-order chi connectivity index (χ1) is 17.4. The van der Waals surface area contributed by atoms with Crippen molar-refractivity contribution in [1.29, 1.82) is 0 Å². The Kier molecular flexibility index (Phi) is 8.08. The average molecular weight is 494 g/mol. The van der Waals surface area contributed by atoms with Gasteiger partial charge < -0.3 is 15.7 Å². The molecule has 1 heterocycles. The number of hydrogen-bond donors (Lipinski definition) is 2. The molecule has 1 aliphatic heterocycles. The maximum atomic E-state index is 13.4. The van der Waals surface area contributed by atoms with Gasteiger partial charge in [0.2, 0.25) is 0 Å². The van der Waals surface area contributed by atoms with Crippen molar-refractivity contribution in [1.82, 2.24) is 0 Å². The minimum atomic E-state index is -0.618. The van der Waals surface area contributed by atoms with E-state index in [9.17, 15) is 18.7 Å². The zero-order valence-corrected chi connectivity index (χ0v) is 20.5. The number of phenolic OH excluding ortho intramolecular Hbond substituents is 1. The van der Waals surface area contributed by atoms with Crippen LogP contribution in [0, 0.1) is 17.6 Å². The summed E-state index contributed by atoms with van der Waals surface area (Å²) < 4.78 is 26.6. The molecule has 36 heavy (non-hydrogen) atoms. The van der Waals surface area contributed by atoms with Crippen LogP contribution in [-0.4, -0.2) is 30.3 Å². The molecule has 0 radical (unpaired) electrons. The molecule has 3 aromatic rings. The number of halogens is 2. The highest BCUT2D eigenvalue weighted by atomic mass is 19.1. The highest BCUT2D eigenvalue weighted by molar-refractivity contribution is 5.91. The second-order valence-electron chi connectivity index (χ2n) is 9.50. The molecule has 3 N–H and O–H groups in total. The van der Waals surface area contributed by atoms with Crippen molar-refractivity contribution in [3.8, 4) is 5.75 Å². The average Bonchev–Trinajstić information content (AvgIpc) is 2.87. The lowest BCUT2D eigenvalue weighted by Crippen LogP contribution is -2.44. The minimum absolute atomic E-state index is 0.217. The molecule has 0 unspecified atom stereocenters. The first-order valence-corrected chi connectivity index (χ1v) is 12.5. The normalized spacial score (nSPS) is 15.0. The fraction of sp³-hybridized carbons (Fsp3) is 0.345. The van der Waals surface area contributed by atoms with Crippen LogP contribution in [0.2, 0.25) is 0 Å². The Bertz CT molecular complexity index is 1160. The second-order valence-corrected chi connectivity index (χ2v) is 9.50. The van der Waals surface area contributed by atoms with E-state index in [0.717, 1.165) is 49.2 Å². The van der Waals surface area contributed by atoms with E-state index in [2.05, 4.69) is 4.90 Å². The summed E-state index contributed by atoms with van der Waals surface area (Å²) in [5.41, 5.74) is 8.89. The summed E-state index contributed by atoms with van der Waals surface area (Å²) in [4.78, 5) is 16.0. The Morgan fingerprint density at radius 2 is 1.64 bits per heavy atom. The van der Waals surface area contributed by atoms with Crippen LogP contribution in [0.25, 0.3) is 0 Å². The number of para-hydroxylation sites is 1. The van der Waals surface area contributed by atoms with Crippen molar-refractivity contribution < 1.29 is 18.7 Å². The lowest BCUT2D eigenvalue weighted by atomic mass is 9.89. The van der Waals surface area contributed by atoms with Crippen LogP contribution < -0.4 is 15.5 Å². The molecule has 2 amide bonds. The topological polar surface area (TPSA) is 69.8 Å².